The van der Waals surface area contributed by atoms with Crippen molar-refractivity contribution in [3.63, 3.8) is 0 Å². The third-order valence-corrected chi connectivity index (χ3v) is 3.68. The van der Waals surface area contributed by atoms with E-state index in [1.165, 1.54) is 11.3 Å². The van der Waals surface area contributed by atoms with Crippen molar-refractivity contribution in [2.75, 3.05) is 20.3 Å². The molecule has 0 aliphatic carbocycles. The first-order valence-corrected chi connectivity index (χ1v) is 7.02. The molecule has 0 radical (unpaired) electrons. The molecule has 4 nitrogen and oxygen atoms in total. The van der Waals surface area contributed by atoms with E-state index in [1.54, 1.807) is 7.11 Å². The van der Waals surface area contributed by atoms with Crippen LogP contribution in [0.4, 0.5) is 0 Å². The molecule has 3 rings (SSSR count). The molecule has 1 atom stereocenters. The number of hydrogen-bond donors (Lipinski definition) is 1. The van der Waals surface area contributed by atoms with Crippen LogP contribution < -0.4 is 14.8 Å². The number of nitrogens with one attached hydrogen (secondary N) is 1. The number of nitrogens with zero attached hydrogens (tertiary/aromatic N) is 1. The van der Waals surface area contributed by atoms with E-state index in [0.29, 0.717) is 6.61 Å². The molecule has 1 N–H and O–H groups in total. The predicted molar refractivity (Wildman–Crippen MR) is 78.4 cm³/mol. The highest BCUT2D eigenvalue weighted by atomic mass is 16.5. The van der Waals surface area contributed by atoms with Gasteiger partial charge in [-0.1, -0.05) is 6.07 Å². The Morgan fingerprint density at radius 1 is 1.30 bits per heavy atom. The van der Waals surface area contributed by atoms with Crippen molar-refractivity contribution in [2.24, 2.45) is 0 Å². The zero-order valence-electron chi connectivity index (χ0n) is 11.9. The lowest BCUT2D eigenvalue weighted by Gasteiger charge is -2.27. The number of rotatable bonds is 4. The van der Waals surface area contributed by atoms with E-state index in [-0.39, 0.29) is 6.04 Å². The molecule has 0 saturated heterocycles. The minimum Gasteiger partial charge on any atom is -0.493 e. The van der Waals surface area contributed by atoms with Gasteiger partial charge in [-0.05, 0) is 36.8 Å². The Morgan fingerprint density at radius 2 is 2.20 bits per heavy atom. The minimum atomic E-state index is 0.212. The van der Waals surface area contributed by atoms with Gasteiger partial charge in [-0.2, -0.15) is 0 Å². The van der Waals surface area contributed by atoms with Gasteiger partial charge in [-0.15, -0.1) is 0 Å². The molecule has 4 heteroatoms. The third kappa shape index (κ3) is 2.27. The number of benzene rings is 1. The van der Waals surface area contributed by atoms with Gasteiger partial charge in [0.1, 0.15) is 0 Å². The minimum absolute atomic E-state index is 0.212. The zero-order chi connectivity index (χ0) is 13.9. The smallest absolute Gasteiger partial charge is 0.161 e. The van der Waals surface area contributed by atoms with Crippen molar-refractivity contribution in [3.8, 4) is 11.5 Å². The molecule has 1 aliphatic heterocycles. The maximum atomic E-state index is 5.67. The van der Waals surface area contributed by atoms with Gasteiger partial charge in [-0.3, -0.25) is 0 Å². The highest BCUT2D eigenvalue weighted by molar-refractivity contribution is 5.45. The average Bonchev–Trinajstić information content (AvgIpc) is 2.96. The Morgan fingerprint density at radius 3 is 3.00 bits per heavy atom. The summed E-state index contributed by atoms with van der Waals surface area (Å²) in [4.78, 5) is 0. The Bertz CT molecular complexity index is 592. The molecule has 0 saturated carbocycles. The predicted octanol–water partition coefficient (Wildman–Crippen LogP) is 2.59. The van der Waals surface area contributed by atoms with Crippen molar-refractivity contribution < 1.29 is 9.47 Å². The lowest BCUT2D eigenvalue weighted by Crippen LogP contribution is -2.33. The summed E-state index contributed by atoms with van der Waals surface area (Å²) in [5.74, 6) is 1.58. The van der Waals surface area contributed by atoms with Crippen LogP contribution in [0.1, 0.15) is 24.2 Å². The zero-order valence-corrected chi connectivity index (χ0v) is 11.9. The van der Waals surface area contributed by atoms with Crippen LogP contribution in [-0.2, 0) is 6.54 Å². The summed E-state index contributed by atoms with van der Waals surface area (Å²) in [6, 6.07) is 10.6. The molecule has 1 aliphatic rings. The largest absolute Gasteiger partial charge is 0.493 e. The molecule has 1 aromatic carbocycles. The molecule has 2 aromatic rings. The summed E-state index contributed by atoms with van der Waals surface area (Å²) < 4.78 is 13.3. The normalized spacial score (nSPS) is 17.6. The summed E-state index contributed by atoms with van der Waals surface area (Å²) in [6.07, 6.45) is 2.14. The Labute approximate surface area is 119 Å². The van der Waals surface area contributed by atoms with Crippen LogP contribution >= 0.6 is 0 Å². The monoisotopic (exact) mass is 272 g/mol. The van der Waals surface area contributed by atoms with Crippen LogP contribution in [0.2, 0.25) is 0 Å². The van der Waals surface area contributed by atoms with Gasteiger partial charge >= 0.3 is 0 Å². The fourth-order valence-electron chi connectivity index (χ4n) is 2.76. The second-order valence-corrected chi connectivity index (χ2v) is 4.86. The van der Waals surface area contributed by atoms with E-state index in [1.807, 2.05) is 13.0 Å². The number of methoxy groups -OCH3 is 1. The number of fused-ring (bicyclic) bond motifs is 1. The van der Waals surface area contributed by atoms with Crippen molar-refractivity contribution in [1.29, 1.82) is 0 Å². The molecule has 1 aromatic heterocycles. The average molecular weight is 272 g/mol. The first-order chi connectivity index (χ1) is 9.83. The van der Waals surface area contributed by atoms with Crippen LogP contribution in [0.25, 0.3) is 0 Å². The fraction of sp³-hybridized carbons (Fsp3) is 0.375. The molecule has 0 fully saturated rings. The second kappa shape index (κ2) is 5.59. The van der Waals surface area contributed by atoms with Crippen LogP contribution in [0.5, 0.6) is 11.5 Å². The van der Waals surface area contributed by atoms with E-state index in [2.05, 4.69) is 40.3 Å². The summed E-state index contributed by atoms with van der Waals surface area (Å²) >= 11 is 0. The maximum absolute atomic E-state index is 5.67. The van der Waals surface area contributed by atoms with Crippen LogP contribution in [0, 0.1) is 0 Å². The van der Waals surface area contributed by atoms with Crippen molar-refractivity contribution in [2.45, 2.75) is 19.5 Å². The van der Waals surface area contributed by atoms with Gasteiger partial charge in [-0.25, -0.2) is 0 Å². The van der Waals surface area contributed by atoms with Crippen LogP contribution in [0.15, 0.2) is 36.5 Å². The topological polar surface area (TPSA) is 35.4 Å². The maximum Gasteiger partial charge on any atom is 0.161 e. The van der Waals surface area contributed by atoms with E-state index < -0.39 is 0 Å². The van der Waals surface area contributed by atoms with E-state index in [4.69, 9.17) is 9.47 Å². The number of aromatic nitrogens is 1. The van der Waals surface area contributed by atoms with E-state index in [9.17, 15) is 0 Å². The molecule has 0 spiro atoms. The Balaban J connectivity index is 1.97. The standard InChI is InChI=1S/C16H20N2O2/c1-3-20-15-11-12(6-7-14(15)19-2)16-13-5-4-9-18(13)10-8-17-16/h4-7,9,11,16-17H,3,8,10H2,1-2H3. The lowest BCUT2D eigenvalue weighted by molar-refractivity contribution is 0.310. The summed E-state index contributed by atoms with van der Waals surface area (Å²) in [5, 5.41) is 3.57. The fourth-order valence-corrected chi connectivity index (χ4v) is 2.76. The first-order valence-electron chi connectivity index (χ1n) is 7.02. The molecule has 1 unspecified atom stereocenters. The number of ether oxygens (including phenoxy) is 2. The van der Waals surface area contributed by atoms with Crippen LogP contribution in [-0.4, -0.2) is 24.8 Å². The van der Waals surface area contributed by atoms with Crippen molar-refractivity contribution in [1.82, 2.24) is 9.88 Å². The van der Waals surface area contributed by atoms with Crippen molar-refractivity contribution in [3.05, 3.63) is 47.8 Å². The molecular formula is C16H20N2O2. The lowest BCUT2D eigenvalue weighted by atomic mass is 10.0. The molecule has 106 valence electrons. The molecular weight excluding hydrogens is 252 g/mol. The van der Waals surface area contributed by atoms with E-state index in [0.717, 1.165) is 24.6 Å². The number of hydrogen-bond acceptors (Lipinski definition) is 3. The Kier molecular flexibility index (Phi) is 3.65. The first kappa shape index (κ1) is 13.1. The van der Waals surface area contributed by atoms with Gasteiger partial charge in [0.15, 0.2) is 11.5 Å². The highest BCUT2D eigenvalue weighted by Crippen LogP contribution is 2.33. The third-order valence-electron chi connectivity index (χ3n) is 3.68. The van der Waals surface area contributed by atoms with Crippen LogP contribution in [0.3, 0.4) is 0 Å². The molecule has 0 amide bonds. The molecule has 0 bridgehead atoms. The molecule has 2 heterocycles. The van der Waals surface area contributed by atoms with Gasteiger partial charge in [0.2, 0.25) is 0 Å². The van der Waals surface area contributed by atoms with Crippen molar-refractivity contribution >= 4 is 0 Å². The molecule has 20 heavy (non-hydrogen) atoms. The van der Waals surface area contributed by atoms with Gasteiger partial charge in [0, 0.05) is 25.0 Å². The van der Waals surface area contributed by atoms with E-state index >= 15 is 0 Å². The SMILES string of the molecule is CCOc1cc(C2NCCn3cccc32)ccc1OC. The summed E-state index contributed by atoms with van der Waals surface area (Å²) in [6.45, 7) is 4.61. The van der Waals surface area contributed by atoms with Gasteiger partial charge < -0.3 is 19.4 Å². The highest BCUT2D eigenvalue weighted by Gasteiger charge is 2.22. The summed E-state index contributed by atoms with van der Waals surface area (Å²) in [7, 11) is 1.67. The second-order valence-electron chi connectivity index (χ2n) is 4.86. The quantitative estimate of drug-likeness (QED) is 0.929. The van der Waals surface area contributed by atoms with Gasteiger partial charge in [0.05, 0.1) is 19.8 Å². The Hall–Kier alpha value is -1.94. The summed E-state index contributed by atoms with van der Waals surface area (Å²) in [5.41, 5.74) is 2.50. The van der Waals surface area contributed by atoms with Gasteiger partial charge in [0.25, 0.3) is 0 Å².